The van der Waals surface area contributed by atoms with Gasteiger partial charge in [0.25, 0.3) is 5.91 Å². The third-order valence-electron chi connectivity index (χ3n) is 9.78. The average Bonchev–Trinajstić information content (AvgIpc) is 3.08. The first-order chi connectivity index (χ1) is 22.3. The number of carbonyl (C=O) groups is 1. The average molecular weight is 646 g/mol. The van der Waals surface area contributed by atoms with Crippen LogP contribution in [0.1, 0.15) is 56.0 Å². The van der Waals surface area contributed by atoms with Gasteiger partial charge in [-0.3, -0.25) is 4.79 Å². The van der Waals surface area contributed by atoms with Crippen molar-refractivity contribution in [3.63, 3.8) is 0 Å². The number of hydrogen-bond donors (Lipinski definition) is 0. The van der Waals surface area contributed by atoms with Crippen molar-refractivity contribution in [3.8, 4) is 6.07 Å². The summed E-state index contributed by atoms with van der Waals surface area (Å²) in [5, 5.41) is 12.3. The van der Waals surface area contributed by atoms with Crippen molar-refractivity contribution in [1.82, 2.24) is 19.8 Å². The van der Waals surface area contributed by atoms with Crippen LogP contribution in [0.4, 0.5) is 16.2 Å². The Morgan fingerprint density at radius 3 is 2.54 bits per heavy atom. The maximum absolute atomic E-state index is 13.9. The lowest BCUT2D eigenvalue weighted by Crippen LogP contribution is -2.55. The highest BCUT2D eigenvalue weighted by atomic mass is 35.5. The second-order valence-electron chi connectivity index (χ2n) is 12.3. The van der Waals surface area contributed by atoms with Gasteiger partial charge in [-0.25, -0.2) is 9.37 Å². The van der Waals surface area contributed by atoms with Crippen LogP contribution in [-0.2, 0) is 22.6 Å². The third kappa shape index (κ3) is 6.28. The monoisotopic (exact) mass is 645 g/mol. The first-order valence-corrected chi connectivity index (χ1v) is 16.6. The molecule has 0 bridgehead atoms. The molecule has 4 heterocycles. The molecule has 2 saturated heterocycles. The van der Waals surface area contributed by atoms with Crippen LogP contribution in [0, 0.1) is 11.3 Å². The van der Waals surface area contributed by atoms with E-state index in [9.17, 15) is 14.4 Å². The number of nitrogens with zero attached hydrogens (tertiary/aromatic N) is 7. The molecule has 1 amide bonds. The van der Waals surface area contributed by atoms with Crippen molar-refractivity contribution in [2.24, 2.45) is 0 Å². The van der Waals surface area contributed by atoms with Crippen LogP contribution < -0.4 is 9.80 Å². The number of aromatic nitrogens is 2. The molecule has 3 aliphatic heterocycles. The number of benzene rings is 2. The van der Waals surface area contributed by atoms with Crippen molar-refractivity contribution >= 4 is 40.0 Å². The number of anilines is 2. The lowest BCUT2D eigenvalue weighted by Gasteiger charge is -2.42. The van der Waals surface area contributed by atoms with E-state index in [1.54, 1.807) is 0 Å². The van der Waals surface area contributed by atoms with E-state index in [0.717, 1.165) is 72.4 Å². The normalized spacial score (nSPS) is 20.6. The predicted octanol–water partition coefficient (Wildman–Crippen LogP) is 5.82. The number of amides is 1. The molecule has 3 aliphatic rings. The first kappa shape index (κ1) is 32.2. The third-order valence-corrected chi connectivity index (χ3v) is 10.1. The van der Waals surface area contributed by atoms with Crippen molar-refractivity contribution in [2.45, 2.75) is 64.3 Å². The molecule has 2 aromatic carbocycles. The van der Waals surface area contributed by atoms with Crippen LogP contribution in [0.2, 0.25) is 5.02 Å². The van der Waals surface area contributed by atoms with Crippen molar-refractivity contribution < 1.29 is 13.9 Å². The number of rotatable bonds is 8. The predicted molar refractivity (Wildman–Crippen MR) is 179 cm³/mol. The molecule has 3 aromatic rings. The van der Waals surface area contributed by atoms with Crippen LogP contribution in [-0.4, -0.2) is 83.6 Å². The summed E-state index contributed by atoms with van der Waals surface area (Å²) in [6.45, 7) is 12.8. The number of hydrogen-bond acceptors (Lipinski definition) is 8. The van der Waals surface area contributed by atoms with Gasteiger partial charge in [-0.2, -0.15) is 10.2 Å². The Morgan fingerprint density at radius 2 is 1.85 bits per heavy atom. The summed E-state index contributed by atoms with van der Waals surface area (Å²) in [6, 6.07) is 14.3. The van der Waals surface area contributed by atoms with Gasteiger partial charge < -0.3 is 24.3 Å². The molecule has 0 radical (unpaired) electrons. The number of halogens is 2. The lowest BCUT2D eigenvalue weighted by atomic mass is 9.94. The molecule has 2 fully saturated rings. The van der Waals surface area contributed by atoms with E-state index in [1.807, 2.05) is 18.2 Å². The van der Waals surface area contributed by atoms with Crippen LogP contribution in [0.15, 0.2) is 48.8 Å². The molecule has 2 atom stereocenters. The molecule has 9 nitrogen and oxygen atoms in total. The van der Waals surface area contributed by atoms with Crippen LogP contribution in [0.25, 0.3) is 10.8 Å². The lowest BCUT2D eigenvalue weighted by molar-refractivity contribution is -0.131. The van der Waals surface area contributed by atoms with Crippen LogP contribution in [0.5, 0.6) is 0 Å². The summed E-state index contributed by atoms with van der Waals surface area (Å²) < 4.78 is 20.4. The standard InChI is InChI=1S/C35H41ClFN7O2/c1-4-41(5-2)25-13-16-42(17-14-25)35-39-30-20-31(27-10-6-8-24-9-7-11-29(36)32(24)27)46-22-28(30)33(40-35)43-18-19-44(34(45)23(3)37)26(21-43)12-15-38/h6-11,25-26,31H,3-5,12-14,16-22H2,1-2H3/t26-,31?/m0/s1. The number of piperidine rings is 1. The molecule has 0 N–H and O–H groups in total. The zero-order valence-electron chi connectivity index (χ0n) is 26.6. The summed E-state index contributed by atoms with van der Waals surface area (Å²) in [7, 11) is 0. The molecule has 1 unspecified atom stereocenters. The quantitative estimate of drug-likeness (QED) is 0.283. The second kappa shape index (κ2) is 13.9. The van der Waals surface area contributed by atoms with E-state index in [2.05, 4.69) is 59.4 Å². The van der Waals surface area contributed by atoms with Gasteiger partial charge in [0.15, 0.2) is 5.83 Å². The minimum Gasteiger partial charge on any atom is -0.368 e. The number of piperazine rings is 1. The zero-order valence-corrected chi connectivity index (χ0v) is 27.3. The molecule has 242 valence electrons. The van der Waals surface area contributed by atoms with Gasteiger partial charge in [0.1, 0.15) is 5.82 Å². The largest absolute Gasteiger partial charge is 0.368 e. The van der Waals surface area contributed by atoms with Gasteiger partial charge in [0, 0.05) is 61.2 Å². The number of ether oxygens (including phenoxy) is 1. The topological polar surface area (TPSA) is 88.8 Å². The summed E-state index contributed by atoms with van der Waals surface area (Å²) >= 11 is 6.71. The molecular formula is C35H41ClFN7O2. The van der Waals surface area contributed by atoms with Crippen molar-refractivity contribution in [3.05, 3.63) is 70.6 Å². The van der Waals surface area contributed by atoms with E-state index in [1.165, 1.54) is 4.90 Å². The molecule has 0 spiro atoms. The summed E-state index contributed by atoms with van der Waals surface area (Å²) in [6.07, 6.45) is 2.47. The molecule has 1 aromatic heterocycles. The number of nitriles is 1. The maximum Gasteiger partial charge on any atom is 0.282 e. The van der Waals surface area contributed by atoms with E-state index in [4.69, 9.17) is 26.3 Å². The SMILES string of the molecule is C=C(F)C(=O)N1CCN(c2nc(N3CCC(N(CC)CC)CC3)nc3c2COC(c2cccc4cccc(Cl)c24)C3)C[C@@H]1CC#N. The van der Waals surface area contributed by atoms with Gasteiger partial charge in [-0.1, -0.05) is 62.4 Å². The van der Waals surface area contributed by atoms with E-state index in [-0.39, 0.29) is 19.1 Å². The first-order valence-electron chi connectivity index (χ1n) is 16.3. The fourth-order valence-electron chi connectivity index (χ4n) is 7.36. The maximum atomic E-state index is 13.9. The number of carbonyl (C=O) groups excluding carboxylic acids is 1. The number of fused-ring (bicyclic) bond motifs is 2. The minimum atomic E-state index is -1.01. The van der Waals surface area contributed by atoms with Gasteiger partial charge in [-0.15, -0.1) is 0 Å². The van der Waals surface area contributed by atoms with Crippen LogP contribution in [0.3, 0.4) is 0 Å². The van der Waals surface area contributed by atoms with Gasteiger partial charge in [-0.05, 0) is 42.9 Å². The Labute approximate surface area is 275 Å². The van der Waals surface area contributed by atoms with Crippen LogP contribution >= 0.6 is 11.6 Å². The summed E-state index contributed by atoms with van der Waals surface area (Å²) in [5.41, 5.74) is 2.87. The summed E-state index contributed by atoms with van der Waals surface area (Å²) in [4.78, 5) is 31.3. The molecule has 46 heavy (non-hydrogen) atoms. The molecule has 11 heteroatoms. The van der Waals surface area contributed by atoms with Gasteiger partial charge in [0.2, 0.25) is 5.95 Å². The second-order valence-corrected chi connectivity index (χ2v) is 12.7. The Balaban J connectivity index is 1.35. The highest BCUT2D eigenvalue weighted by Gasteiger charge is 2.36. The Bertz CT molecular complexity index is 1640. The zero-order chi connectivity index (χ0) is 32.4. The highest BCUT2D eigenvalue weighted by Crippen LogP contribution is 2.40. The Hall–Kier alpha value is -3.78. The molecule has 6 rings (SSSR count). The Kier molecular flexibility index (Phi) is 9.73. The smallest absolute Gasteiger partial charge is 0.282 e. The summed E-state index contributed by atoms with van der Waals surface area (Å²) in [5.74, 6) is -0.328. The highest BCUT2D eigenvalue weighted by molar-refractivity contribution is 6.35. The van der Waals surface area contributed by atoms with Crippen molar-refractivity contribution in [1.29, 1.82) is 5.26 Å². The fourth-order valence-corrected chi connectivity index (χ4v) is 7.65. The van der Waals surface area contributed by atoms with E-state index < -0.39 is 17.8 Å². The van der Waals surface area contributed by atoms with E-state index >= 15 is 0 Å². The van der Waals surface area contributed by atoms with Gasteiger partial charge in [0.05, 0.1) is 36.9 Å². The van der Waals surface area contributed by atoms with Crippen molar-refractivity contribution in [2.75, 3.05) is 55.6 Å². The molecule has 0 aliphatic carbocycles. The minimum absolute atomic E-state index is 0.0783. The Morgan fingerprint density at radius 1 is 1.11 bits per heavy atom. The fraction of sp³-hybridized carbons (Fsp3) is 0.486. The van der Waals surface area contributed by atoms with E-state index in [0.29, 0.717) is 43.1 Å². The van der Waals surface area contributed by atoms with Gasteiger partial charge >= 0.3 is 0 Å². The molecule has 0 saturated carbocycles. The molecular weight excluding hydrogens is 605 g/mol.